The molecule has 8 heterocycles. The molecular formula is C81H59F6Ir6N10O4-7. The Bertz CT molecular complexity index is 4560. The number of para-hydroxylation sites is 3. The summed E-state index contributed by atoms with van der Waals surface area (Å²) < 4.78 is 78.3. The molecule has 560 valence electrons. The van der Waals surface area contributed by atoms with Crippen molar-refractivity contribution in [3.63, 3.8) is 0 Å². The van der Waals surface area contributed by atoms with Crippen LogP contribution in [0.15, 0.2) is 273 Å². The van der Waals surface area contributed by atoms with Crippen LogP contribution < -0.4 is 9.80 Å². The molecule has 1 aliphatic rings. The number of fused-ring (bicyclic) bond motifs is 1. The van der Waals surface area contributed by atoms with Gasteiger partial charge in [0.15, 0.2) is 11.5 Å². The van der Waals surface area contributed by atoms with Crippen LogP contribution in [0.1, 0.15) is 29.9 Å². The molecule has 0 amide bonds. The van der Waals surface area contributed by atoms with E-state index in [4.69, 9.17) is 16.8 Å². The number of hydrogen-bond donors (Lipinski definition) is 2. The monoisotopic (exact) mass is 2510 g/mol. The molecule has 0 saturated heterocycles. The molecule has 0 aliphatic carbocycles. The second kappa shape index (κ2) is 51.8. The van der Waals surface area contributed by atoms with E-state index < -0.39 is 46.8 Å². The molecule has 0 bridgehead atoms. The Morgan fingerprint density at radius 1 is 0.486 bits per heavy atom. The van der Waals surface area contributed by atoms with Gasteiger partial charge in [0.2, 0.25) is 0 Å². The summed E-state index contributed by atoms with van der Waals surface area (Å²) in [6.45, 7) is 13.5. The van der Waals surface area contributed by atoms with E-state index in [1.54, 1.807) is 79.3 Å². The first-order valence-corrected chi connectivity index (χ1v) is 30.2. The Morgan fingerprint density at radius 3 is 1.37 bits per heavy atom. The van der Waals surface area contributed by atoms with Crippen LogP contribution in [-0.4, -0.2) is 63.9 Å². The molecule has 0 fully saturated rings. The Hall–Kier alpha value is -9.38. The fraction of sp³-hybridized carbons (Fsp3) is 0.0494. The van der Waals surface area contributed by atoms with Crippen molar-refractivity contribution in [2.75, 3.05) is 16.8 Å². The summed E-state index contributed by atoms with van der Waals surface area (Å²) >= 11 is 0. The maximum Gasteiger partial charge on any atom is 0.354 e. The minimum absolute atomic E-state index is 0. The van der Waals surface area contributed by atoms with E-state index in [1.165, 1.54) is 56.0 Å². The molecule has 13 aromatic rings. The van der Waals surface area contributed by atoms with Crippen molar-refractivity contribution < 1.29 is 167 Å². The van der Waals surface area contributed by atoms with Crippen molar-refractivity contribution in [2.24, 2.45) is 0 Å². The number of aliphatic hydroxyl groups excluding tert-OH is 1. The number of benzene rings is 6. The summed E-state index contributed by atoms with van der Waals surface area (Å²) in [6, 6.07) is 82.8. The number of allylic oxidation sites excluding steroid dienone is 2. The van der Waals surface area contributed by atoms with Crippen molar-refractivity contribution in [1.82, 2.24) is 34.9 Å². The van der Waals surface area contributed by atoms with Crippen LogP contribution in [-0.2, 0) is 125 Å². The molecular weight excluding hydrogens is 2440 g/mol. The quantitative estimate of drug-likeness (QED) is 0.0484. The Labute approximate surface area is 698 Å². The third-order valence-corrected chi connectivity index (χ3v) is 13.1. The molecule has 0 spiro atoms. The van der Waals surface area contributed by atoms with Gasteiger partial charge in [0.05, 0.1) is 12.3 Å². The van der Waals surface area contributed by atoms with Crippen molar-refractivity contribution in [3.8, 4) is 56.3 Å². The number of aryl methyl sites for hydroxylation is 1. The number of halogens is 6. The molecule has 26 heteroatoms. The fourth-order valence-electron chi connectivity index (χ4n) is 8.59. The van der Waals surface area contributed by atoms with Gasteiger partial charge >= 0.3 is 5.97 Å². The summed E-state index contributed by atoms with van der Waals surface area (Å²) in [7, 11) is 2.06. The zero-order valence-electron chi connectivity index (χ0n) is 56.4. The Kier molecular flexibility index (Phi) is 46.3. The van der Waals surface area contributed by atoms with Crippen LogP contribution in [0, 0.1) is 91.7 Å². The Morgan fingerprint density at radius 2 is 0.953 bits per heavy atom. The second-order valence-corrected chi connectivity index (χ2v) is 20.6. The number of aromatic nitrogens is 7. The van der Waals surface area contributed by atoms with Crippen molar-refractivity contribution >= 4 is 34.5 Å². The molecule has 6 aromatic carbocycles. The van der Waals surface area contributed by atoms with Crippen LogP contribution in [0.2, 0.25) is 0 Å². The number of ketones is 1. The summed E-state index contributed by atoms with van der Waals surface area (Å²) in [5.74, 6) is -5.95. The number of aliphatic hydroxyl groups is 1. The third kappa shape index (κ3) is 31.9. The van der Waals surface area contributed by atoms with E-state index in [9.17, 15) is 35.9 Å². The minimum Gasteiger partial charge on any atom is -0.512 e. The number of carbonyl (C=O) groups is 2. The van der Waals surface area contributed by atoms with E-state index >= 15 is 0 Å². The van der Waals surface area contributed by atoms with Gasteiger partial charge in [-0.05, 0) is 111 Å². The minimum atomic E-state index is -0.990. The third-order valence-electron chi connectivity index (χ3n) is 13.1. The topological polar surface area (TPSA) is 176 Å². The van der Waals surface area contributed by atoms with E-state index in [1.807, 2.05) is 110 Å². The SMILES string of the molecule is CC(=O)C=C(C)O.CN1[CH-]N(c2[c-]cccc2)c2ccccc21.Fc1c[c-]c(-c2ccccn2)c(F)c1.Fc1c[c-]c(-c2ccccn2)c(F)n1.O=C(O)c1ccccn1.[C-]#[N+]c1c(F)c[c-]c(-c2cc(C)ccn2)c1F.[Ir].[Ir].[Ir].[Ir].[Ir].[Ir].[c-]1ccccc1-c1ccccn1.[c-]1ccccc1-c1ccccn1. The standard InChI is InChI=1S/C14H12N2.C13H7F2N2.C11H6F2N.2C11H8N.C10H5F2N2.C6H5NO2.C5H8O2.6Ir/c1-15-11-16(12-7-3-2-4-8-12)14-10-6-5-9-13(14)15;1-8-5-6-17-11(7-8)9-3-4-10(14)13(16-2)12(9)15;12-8-4-5-9(10(13)7-8)11-3-1-2-6-14-11;2*1-2-6-10(7-3-1)11-8-4-5-9-12-11;11-9-5-4-7(10(12)14-9)8-3-1-2-6-13-8;8-6(9)5-3-1-2-4-7-5;1-4(6)3-5(2)7;;;;;;/h2-7,9-11H,1H3;4-7H,1H3;1-4,6-7H;2*1-6,8-9H;1-3,5-6H;1-4H,(H,8,9);3,6H,1-2H3;;;;;;/q-2;5*-1;;;;;;;;. The molecule has 107 heavy (non-hydrogen) atoms. The number of anilines is 3. The number of aromatic carboxylic acids is 1. The predicted octanol–water partition coefficient (Wildman–Crippen LogP) is 18.8. The van der Waals surface area contributed by atoms with Gasteiger partial charge in [0, 0.05) is 199 Å². The van der Waals surface area contributed by atoms with Gasteiger partial charge in [-0.3, -0.25) is 32.2 Å². The smallest absolute Gasteiger partial charge is 0.354 e. The van der Waals surface area contributed by atoms with Gasteiger partial charge in [-0.1, -0.05) is 102 Å². The second-order valence-electron chi connectivity index (χ2n) is 20.6. The summed E-state index contributed by atoms with van der Waals surface area (Å²) in [5, 5.41) is 16.7. The van der Waals surface area contributed by atoms with Gasteiger partial charge in [0.1, 0.15) is 17.6 Å². The molecule has 2 N–H and O–H groups in total. The maximum atomic E-state index is 13.8. The van der Waals surface area contributed by atoms with Gasteiger partial charge in [-0.25, -0.2) is 18.6 Å². The molecule has 6 radical (unpaired) electrons. The first-order valence-electron chi connectivity index (χ1n) is 30.2. The molecule has 7 aromatic heterocycles. The fourth-order valence-corrected chi connectivity index (χ4v) is 8.59. The van der Waals surface area contributed by atoms with Gasteiger partial charge < -0.3 is 44.9 Å². The van der Waals surface area contributed by atoms with Crippen molar-refractivity contribution in [1.29, 1.82) is 0 Å². The van der Waals surface area contributed by atoms with E-state index in [0.717, 1.165) is 58.0 Å². The van der Waals surface area contributed by atoms with E-state index in [0.29, 0.717) is 17.1 Å². The number of carboxylic acids is 1. The van der Waals surface area contributed by atoms with E-state index in [2.05, 4.69) is 130 Å². The average molecular weight is 2500 g/mol. The largest absolute Gasteiger partial charge is 0.512 e. The number of carboxylic acid groups (broad SMARTS) is 1. The van der Waals surface area contributed by atoms with E-state index in [-0.39, 0.29) is 155 Å². The Balaban J connectivity index is 0.000000613. The number of hydrogen-bond acceptors (Lipinski definition) is 12. The number of carbonyl (C=O) groups excluding carboxylic acids is 1. The van der Waals surface area contributed by atoms with Crippen LogP contribution in [0.5, 0.6) is 0 Å². The van der Waals surface area contributed by atoms with Crippen LogP contribution in [0.25, 0.3) is 61.1 Å². The van der Waals surface area contributed by atoms with Crippen LogP contribution in [0.4, 0.5) is 49.1 Å². The normalized spacial score (nSPS) is 10.0. The van der Waals surface area contributed by atoms with Crippen molar-refractivity contribution in [3.05, 3.63) is 374 Å². The van der Waals surface area contributed by atoms with Crippen LogP contribution in [0.3, 0.4) is 0 Å². The average Bonchev–Trinajstić information content (AvgIpc) is 1.50. The number of pyridine rings is 7. The van der Waals surface area contributed by atoms with Crippen molar-refractivity contribution in [2.45, 2.75) is 20.8 Å². The molecule has 14 nitrogen and oxygen atoms in total. The first kappa shape index (κ1) is 95.6. The van der Waals surface area contributed by atoms with Gasteiger partial charge in [-0.2, -0.15) is 37.0 Å². The zero-order valence-corrected chi connectivity index (χ0v) is 70.8. The molecule has 0 saturated carbocycles. The van der Waals surface area contributed by atoms with Gasteiger partial charge in [-0.15, -0.1) is 113 Å². The van der Waals surface area contributed by atoms with Gasteiger partial charge in [0.25, 0.3) is 0 Å². The molecule has 0 atom stereocenters. The molecule has 0 unspecified atom stereocenters. The summed E-state index contributed by atoms with van der Waals surface area (Å²) in [6.07, 6.45) is 10.8. The molecule has 1 aliphatic heterocycles. The summed E-state index contributed by atoms with van der Waals surface area (Å²) in [4.78, 5) is 54.1. The number of nitrogens with zero attached hydrogens (tertiary/aromatic N) is 10. The zero-order chi connectivity index (χ0) is 72.3. The molecule has 14 rings (SSSR count). The predicted molar refractivity (Wildman–Crippen MR) is 376 cm³/mol. The first-order chi connectivity index (χ1) is 48.9. The summed E-state index contributed by atoms with van der Waals surface area (Å²) in [5.41, 5.74) is 9.32. The van der Waals surface area contributed by atoms with Crippen LogP contribution >= 0.6 is 0 Å². The number of rotatable bonds is 8. The maximum absolute atomic E-state index is 13.8.